The molecule has 0 bridgehead atoms. The summed E-state index contributed by atoms with van der Waals surface area (Å²) in [7, 11) is -1.95. The summed E-state index contributed by atoms with van der Waals surface area (Å²) in [4.78, 5) is 14.4. The number of hydrogen-bond donors (Lipinski definition) is 0. The molecule has 152 valence electrons. The lowest BCUT2D eigenvalue weighted by atomic mass is 10.1. The van der Waals surface area contributed by atoms with Gasteiger partial charge in [0, 0.05) is 18.3 Å². The van der Waals surface area contributed by atoms with E-state index in [0.717, 1.165) is 34.6 Å². The molecule has 1 aliphatic carbocycles. The lowest BCUT2D eigenvalue weighted by molar-refractivity contribution is 0.0781. The summed E-state index contributed by atoms with van der Waals surface area (Å²) in [5, 5.41) is 2.62. The zero-order valence-electron chi connectivity index (χ0n) is 16.1. The van der Waals surface area contributed by atoms with Crippen LogP contribution in [0.4, 0.5) is 4.39 Å². The number of rotatable bonds is 5. The fourth-order valence-electron chi connectivity index (χ4n) is 3.92. The molecule has 0 radical (unpaired) electrons. The molecule has 2 aromatic carbocycles. The minimum Gasteiger partial charge on any atom is -0.337 e. The molecule has 0 unspecified atom stereocenters. The van der Waals surface area contributed by atoms with Gasteiger partial charge in [-0.25, -0.2) is 12.8 Å². The van der Waals surface area contributed by atoms with Gasteiger partial charge < -0.3 is 4.90 Å². The summed E-state index contributed by atoms with van der Waals surface area (Å²) >= 11 is 1.60. The van der Waals surface area contributed by atoms with Crippen LogP contribution in [0, 0.1) is 5.82 Å². The third-order valence-electron chi connectivity index (χ3n) is 5.55. The number of halogens is 1. The number of amides is 1. The van der Waals surface area contributed by atoms with Crippen LogP contribution in [0.15, 0.2) is 52.7 Å². The largest absolute Gasteiger partial charge is 0.337 e. The van der Waals surface area contributed by atoms with E-state index in [2.05, 4.69) is 0 Å². The smallest absolute Gasteiger partial charge is 0.256 e. The standard InChI is InChI=1S/C22H22FNO3S2/c1-24(13-15-14-28-21-9-5-4-8-18(15)21)22(25)19-12-17(10-11-20(19)23)29(26,27)16-6-2-3-7-16/h4-5,8-12,14,16H,2-3,6-7,13H2,1H3. The van der Waals surface area contributed by atoms with Crippen molar-refractivity contribution in [2.75, 3.05) is 7.05 Å². The molecule has 1 aromatic heterocycles. The second-order valence-electron chi connectivity index (χ2n) is 7.51. The van der Waals surface area contributed by atoms with E-state index in [1.54, 1.807) is 18.4 Å². The maximum Gasteiger partial charge on any atom is 0.256 e. The second kappa shape index (κ2) is 7.88. The number of thiophene rings is 1. The summed E-state index contributed by atoms with van der Waals surface area (Å²) in [5.74, 6) is -1.23. The SMILES string of the molecule is CN(Cc1csc2ccccc12)C(=O)c1cc(S(=O)(=O)C2CCCC2)ccc1F. The number of fused-ring (bicyclic) bond motifs is 1. The van der Waals surface area contributed by atoms with Crippen LogP contribution in [0.3, 0.4) is 0 Å². The predicted molar refractivity (Wildman–Crippen MR) is 113 cm³/mol. The molecule has 4 nitrogen and oxygen atoms in total. The van der Waals surface area contributed by atoms with Gasteiger partial charge >= 0.3 is 0 Å². The molecule has 29 heavy (non-hydrogen) atoms. The highest BCUT2D eigenvalue weighted by Crippen LogP contribution is 2.31. The van der Waals surface area contributed by atoms with Gasteiger partial charge in [-0.1, -0.05) is 31.0 Å². The van der Waals surface area contributed by atoms with Gasteiger partial charge in [0.25, 0.3) is 5.91 Å². The Morgan fingerprint density at radius 2 is 1.90 bits per heavy atom. The van der Waals surface area contributed by atoms with Crippen molar-refractivity contribution in [3.8, 4) is 0 Å². The second-order valence-corrected chi connectivity index (χ2v) is 10.7. The molecule has 1 heterocycles. The Hall–Kier alpha value is -2.25. The van der Waals surface area contributed by atoms with Crippen LogP contribution >= 0.6 is 11.3 Å². The number of sulfone groups is 1. The maximum atomic E-state index is 14.4. The molecule has 1 fully saturated rings. The average Bonchev–Trinajstić information content (AvgIpc) is 3.39. The number of carbonyl (C=O) groups excluding carboxylic acids is 1. The first-order valence-electron chi connectivity index (χ1n) is 9.62. The van der Waals surface area contributed by atoms with Crippen LogP contribution in [0.1, 0.15) is 41.6 Å². The van der Waals surface area contributed by atoms with Crippen molar-refractivity contribution in [1.29, 1.82) is 0 Å². The van der Waals surface area contributed by atoms with Gasteiger partial charge in [0.2, 0.25) is 0 Å². The molecule has 4 rings (SSSR count). The molecule has 1 amide bonds. The van der Waals surface area contributed by atoms with E-state index in [9.17, 15) is 17.6 Å². The number of hydrogen-bond acceptors (Lipinski definition) is 4. The molecule has 1 saturated carbocycles. The molecule has 3 aromatic rings. The Morgan fingerprint density at radius 3 is 2.66 bits per heavy atom. The van der Waals surface area contributed by atoms with Crippen molar-refractivity contribution in [1.82, 2.24) is 4.90 Å². The Balaban J connectivity index is 1.61. The maximum absolute atomic E-state index is 14.4. The third kappa shape index (κ3) is 3.81. The summed E-state index contributed by atoms with van der Waals surface area (Å²) in [6, 6.07) is 11.5. The minimum absolute atomic E-state index is 0.0310. The predicted octanol–water partition coefficient (Wildman–Crippen LogP) is 5.03. The van der Waals surface area contributed by atoms with Crippen LogP contribution in [-0.2, 0) is 16.4 Å². The fourth-order valence-corrected chi connectivity index (χ4v) is 6.76. The topological polar surface area (TPSA) is 54.5 Å². The van der Waals surface area contributed by atoms with E-state index < -0.39 is 26.8 Å². The van der Waals surface area contributed by atoms with Crippen LogP contribution in [-0.4, -0.2) is 31.5 Å². The molecular weight excluding hydrogens is 409 g/mol. The van der Waals surface area contributed by atoms with Crippen LogP contribution in [0.5, 0.6) is 0 Å². The van der Waals surface area contributed by atoms with E-state index in [1.165, 1.54) is 17.0 Å². The van der Waals surface area contributed by atoms with Crippen molar-refractivity contribution < 1.29 is 17.6 Å². The van der Waals surface area contributed by atoms with Crippen LogP contribution in [0.25, 0.3) is 10.1 Å². The van der Waals surface area contributed by atoms with E-state index in [-0.39, 0.29) is 10.5 Å². The summed E-state index contributed by atoms with van der Waals surface area (Å²) < 4.78 is 41.3. The Kier molecular flexibility index (Phi) is 5.44. The lowest BCUT2D eigenvalue weighted by Crippen LogP contribution is -2.27. The number of benzene rings is 2. The third-order valence-corrected chi connectivity index (χ3v) is 8.83. The summed E-state index contributed by atoms with van der Waals surface area (Å²) in [6.45, 7) is 0.321. The van der Waals surface area contributed by atoms with Gasteiger partial charge in [-0.05, 0) is 53.4 Å². The first kappa shape index (κ1) is 20.0. The lowest BCUT2D eigenvalue weighted by Gasteiger charge is -2.18. The quantitative estimate of drug-likeness (QED) is 0.533. The molecule has 0 atom stereocenters. The van der Waals surface area contributed by atoms with Crippen LogP contribution < -0.4 is 0 Å². The van der Waals surface area contributed by atoms with Gasteiger partial charge in [-0.15, -0.1) is 11.3 Å². The van der Waals surface area contributed by atoms with Crippen molar-refractivity contribution in [2.24, 2.45) is 0 Å². The van der Waals surface area contributed by atoms with E-state index in [0.29, 0.717) is 19.4 Å². The van der Waals surface area contributed by atoms with E-state index >= 15 is 0 Å². The van der Waals surface area contributed by atoms with Crippen molar-refractivity contribution in [2.45, 2.75) is 42.4 Å². The van der Waals surface area contributed by atoms with Crippen molar-refractivity contribution in [3.63, 3.8) is 0 Å². The van der Waals surface area contributed by atoms with Gasteiger partial charge in [-0.2, -0.15) is 0 Å². The Labute approximate surface area is 173 Å². The highest BCUT2D eigenvalue weighted by molar-refractivity contribution is 7.92. The minimum atomic E-state index is -3.55. The van der Waals surface area contributed by atoms with Gasteiger partial charge in [-0.3, -0.25) is 4.79 Å². The summed E-state index contributed by atoms with van der Waals surface area (Å²) in [6.07, 6.45) is 3.00. The summed E-state index contributed by atoms with van der Waals surface area (Å²) in [5.41, 5.74) is 0.780. The normalized spacial score (nSPS) is 15.1. The van der Waals surface area contributed by atoms with Crippen molar-refractivity contribution >= 4 is 37.2 Å². The first-order chi connectivity index (χ1) is 13.9. The Morgan fingerprint density at radius 1 is 1.17 bits per heavy atom. The molecule has 1 aliphatic rings. The molecule has 0 N–H and O–H groups in total. The fraction of sp³-hybridized carbons (Fsp3) is 0.318. The zero-order chi connectivity index (χ0) is 20.6. The highest BCUT2D eigenvalue weighted by atomic mass is 32.2. The van der Waals surface area contributed by atoms with Gasteiger partial charge in [0.1, 0.15) is 5.82 Å². The van der Waals surface area contributed by atoms with Gasteiger partial charge in [0.15, 0.2) is 9.84 Å². The average molecular weight is 432 g/mol. The first-order valence-corrected chi connectivity index (χ1v) is 12.0. The number of nitrogens with zero attached hydrogens (tertiary/aromatic N) is 1. The number of carbonyl (C=O) groups is 1. The molecule has 0 aliphatic heterocycles. The van der Waals surface area contributed by atoms with E-state index in [1.807, 2.05) is 29.6 Å². The Bertz CT molecular complexity index is 1160. The van der Waals surface area contributed by atoms with Crippen molar-refractivity contribution in [3.05, 3.63) is 64.8 Å². The molecule has 0 spiro atoms. The van der Waals surface area contributed by atoms with Gasteiger partial charge in [0.05, 0.1) is 15.7 Å². The molecule has 7 heteroatoms. The molecular formula is C22H22FNO3S2. The highest BCUT2D eigenvalue weighted by Gasteiger charge is 2.31. The zero-order valence-corrected chi connectivity index (χ0v) is 17.7. The van der Waals surface area contributed by atoms with E-state index in [4.69, 9.17) is 0 Å². The van der Waals surface area contributed by atoms with Crippen LogP contribution in [0.2, 0.25) is 0 Å². The molecule has 0 saturated heterocycles. The monoisotopic (exact) mass is 431 g/mol.